The summed E-state index contributed by atoms with van der Waals surface area (Å²) >= 11 is 13.2. The number of imide groups is 1. The Morgan fingerprint density at radius 2 is 1.79 bits per heavy atom. The lowest BCUT2D eigenvalue weighted by atomic mass is 10.1. The minimum Gasteiger partial charge on any atom is -0.488 e. The van der Waals surface area contributed by atoms with Crippen molar-refractivity contribution in [1.82, 2.24) is 9.80 Å². The van der Waals surface area contributed by atoms with Crippen LogP contribution in [0.15, 0.2) is 41.3 Å². The first-order valence-electron chi connectivity index (χ1n) is 12.8. The van der Waals surface area contributed by atoms with Crippen LogP contribution in [0.25, 0.3) is 6.08 Å². The molecule has 10 heteroatoms. The smallest absolute Gasteiger partial charge is 0.294 e. The van der Waals surface area contributed by atoms with Gasteiger partial charge >= 0.3 is 0 Å². The summed E-state index contributed by atoms with van der Waals surface area (Å²) in [6, 6.07) is 11.0. The Labute approximate surface area is 237 Å². The van der Waals surface area contributed by atoms with E-state index in [4.69, 9.17) is 27.9 Å². The Balaban J connectivity index is 1.57. The summed E-state index contributed by atoms with van der Waals surface area (Å²) in [5.41, 5.74) is 2.40. The fraction of sp³-hybridized carbons (Fsp3) is 0.393. The van der Waals surface area contributed by atoms with Crippen LogP contribution in [-0.4, -0.2) is 59.6 Å². The molecular formula is C28H31Cl2N3O4S. The van der Waals surface area contributed by atoms with Crippen molar-refractivity contribution in [2.24, 2.45) is 0 Å². The van der Waals surface area contributed by atoms with Gasteiger partial charge in [-0.25, -0.2) is 0 Å². The fourth-order valence-corrected chi connectivity index (χ4v) is 5.80. The van der Waals surface area contributed by atoms with Crippen LogP contribution in [0.1, 0.15) is 44.2 Å². The number of hydrogen-bond donors (Lipinski definition) is 0. The molecule has 0 bridgehead atoms. The van der Waals surface area contributed by atoms with Crippen molar-refractivity contribution >= 4 is 63.8 Å². The molecule has 2 fully saturated rings. The molecule has 0 atom stereocenters. The van der Waals surface area contributed by atoms with Gasteiger partial charge in [-0.15, -0.1) is 0 Å². The van der Waals surface area contributed by atoms with Gasteiger partial charge < -0.3 is 14.5 Å². The molecule has 2 aromatic carbocycles. The van der Waals surface area contributed by atoms with Crippen LogP contribution in [0.3, 0.4) is 0 Å². The Kier molecular flexibility index (Phi) is 9.63. The lowest BCUT2D eigenvalue weighted by Crippen LogP contribution is -2.44. The van der Waals surface area contributed by atoms with E-state index >= 15 is 0 Å². The van der Waals surface area contributed by atoms with Crippen LogP contribution in [0.4, 0.5) is 10.5 Å². The molecule has 0 aromatic heterocycles. The minimum atomic E-state index is -0.468. The highest BCUT2D eigenvalue weighted by atomic mass is 35.5. The number of nitrogens with zero attached hydrogens (tertiary/aromatic N) is 3. The van der Waals surface area contributed by atoms with Crippen LogP contribution >= 0.6 is 35.0 Å². The van der Waals surface area contributed by atoms with Crippen molar-refractivity contribution < 1.29 is 19.1 Å². The summed E-state index contributed by atoms with van der Waals surface area (Å²) in [4.78, 5) is 43.7. The second kappa shape index (κ2) is 12.9. The summed E-state index contributed by atoms with van der Waals surface area (Å²) in [5, 5.41) is 0.595. The second-order valence-electron chi connectivity index (χ2n) is 9.13. The average molecular weight is 577 g/mol. The van der Waals surface area contributed by atoms with Crippen molar-refractivity contribution in [3.05, 3.63) is 62.5 Å². The third kappa shape index (κ3) is 6.65. The van der Waals surface area contributed by atoms with Gasteiger partial charge in [0.15, 0.2) is 0 Å². The summed E-state index contributed by atoms with van der Waals surface area (Å²) in [6.45, 7) is 7.10. The zero-order valence-corrected chi connectivity index (χ0v) is 23.9. The van der Waals surface area contributed by atoms with E-state index < -0.39 is 11.1 Å². The van der Waals surface area contributed by atoms with Gasteiger partial charge in [0, 0.05) is 59.1 Å². The van der Waals surface area contributed by atoms with Gasteiger partial charge in [0.1, 0.15) is 18.9 Å². The number of anilines is 1. The largest absolute Gasteiger partial charge is 0.488 e. The topological polar surface area (TPSA) is 70.2 Å². The van der Waals surface area contributed by atoms with E-state index in [1.165, 1.54) is 0 Å². The number of likely N-dealkylation sites (tertiary alicyclic amines) is 1. The molecule has 2 aromatic rings. The molecule has 2 aliphatic heterocycles. The molecule has 4 rings (SSSR count). The highest BCUT2D eigenvalue weighted by Gasteiger charge is 2.37. The van der Waals surface area contributed by atoms with Crippen LogP contribution in [-0.2, 0) is 16.2 Å². The van der Waals surface area contributed by atoms with Crippen LogP contribution in [0.5, 0.6) is 5.75 Å². The normalized spacial score (nSPS) is 16.9. The van der Waals surface area contributed by atoms with Crippen molar-refractivity contribution in [3.8, 4) is 5.75 Å². The first-order chi connectivity index (χ1) is 18.3. The monoisotopic (exact) mass is 575 g/mol. The van der Waals surface area contributed by atoms with Gasteiger partial charge in [0.2, 0.25) is 5.91 Å². The van der Waals surface area contributed by atoms with Gasteiger partial charge in [-0.05, 0) is 75.2 Å². The van der Waals surface area contributed by atoms with Gasteiger partial charge in [0.05, 0.1) is 4.91 Å². The zero-order chi connectivity index (χ0) is 27.2. The highest BCUT2D eigenvalue weighted by Crippen LogP contribution is 2.36. The number of carbonyl (C=O) groups is 3. The van der Waals surface area contributed by atoms with Crippen molar-refractivity contribution in [2.75, 3.05) is 37.6 Å². The average Bonchev–Trinajstić information content (AvgIpc) is 3.17. The molecular weight excluding hydrogens is 545 g/mol. The molecule has 0 unspecified atom stereocenters. The van der Waals surface area contributed by atoms with E-state index in [1.54, 1.807) is 23.1 Å². The van der Waals surface area contributed by atoms with Crippen LogP contribution in [0.2, 0.25) is 10.0 Å². The van der Waals surface area contributed by atoms with Crippen molar-refractivity contribution in [3.63, 3.8) is 0 Å². The van der Waals surface area contributed by atoms with E-state index in [2.05, 4.69) is 18.7 Å². The van der Waals surface area contributed by atoms with Crippen LogP contribution in [0, 0.1) is 0 Å². The number of piperidine rings is 1. The summed E-state index contributed by atoms with van der Waals surface area (Å²) in [7, 11) is 0. The fourth-order valence-electron chi connectivity index (χ4n) is 4.50. The first kappa shape index (κ1) is 28.3. The number of ether oxygens (including phenoxy) is 1. The number of hydrogen-bond acceptors (Lipinski definition) is 6. The molecule has 0 spiro atoms. The van der Waals surface area contributed by atoms with Crippen molar-refractivity contribution in [1.29, 1.82) is 0 Å². The maximum absolute atomic E-state index is 13.1. The van der Waals surface area contributed by atoms with E-state index in [9.17, 15) is 14.4 Å². The van der Waals surface area contributed by atoms with Gasteiger partial charge in [0.25, 0.3) is 11.1 Å². The molecule has 0 saturated carbocycles. The Hall–Kier alpha value is -2.68. The summed E-state index contributed by atoms with van der Waals surface area (Å²) < 4.78 is 6.19. The molecule has 38 heavy (non-hydrogen) atoms. The maximum atomic E-state index is 13.1. The third-order valence-corrected chi connectivity index (χ3v) is 8.18. The number of thioether (sulfide) groups is 1. The molecule has 2 saturated heterocycles. The lowest BCUT2D eigenvalue weighted by Gasteiger charge is -2.27. The standard InChI is InChI=1S/C28H31Cl2N3O4S/c1-3-31(4-2)22-11-9-19(24(16-22)37-18-20-8-10-21(29)15-23(20)30)14-25-27(35)33(28(36)38-25)17-26(34)32-12-6-5-7-13-32/h8-11,14-16H,3-7,12-13,17-18H2,1-2H3/b25-14+. The van der Waals surface area contributed by atoms with Crippen LogP contribution < -0.4 is 9.64 Å². The quantitative estimate of drug-likeness (QED) is 0.319. The maximum Gasteiger partial charge on any atom is 0.294 e. The molecule has 7 nitrogen and oxygen atoms in total. The Bertz CT molecular complexity index is 1240. The molecule has 0 N–H and O–H groups in total. The van der Waals surface area contributed by atoms with Gasteiger partial charge in [-0.2, -0.15) is 0 Å². The predicted molar refractivity (Wildman–Crippen MR) is 154 cm³/mol. The van der Waals surface area contributed by atoms with E-state index in [1.807, 2.05) is 24.3 Å². The molecule has 2 aliphatic rings. The van der Waals surface area contributed by atoms with E-state index in [0.717, 1.165) is 60.3 Å². The number of rotatable bonds is 9. The minimum absolute atomic E-state index is 0.194. The number of carbonyl (C=O) groups excluding carboxylic acids is 3. The van der Waals surface area contributed by atoms with E-state index in [0.29, 0.717) is 34.4 Å². The molecule has 202 valence electrons. The molecule has 0 aliphatic carbocycles. The number of halogens is 2. The molecule has 2 heterocycles. The van der Waals surface area contributed by atoms with Gasteiger partial charge in [-0.1, -0.05) is 29.3 Å². The van der Waals surface area contributed by atoms with E-state index in [-0.39, 0.29) is 24.0 Å². The lowest BCUT2D eigenvalue weighted by molar-refractivity contribution is -0.136. The summed E-state index contributed by atoms with van der Waals surface area (Å²) in [6.07, 6.45) is 4.64. The zero-order valence-electron chi connectivity index (χ0n) is 21.5. The predicted octanol–water partition coefficient (Wildman–Crippen LogP) is 6.47. The number of benzene rings is 2. The second-order valence-corrected chi connectivity index (χ2v) is 11.0. The SMILES string of the molecule is CCN(CC)c1ccc(/C=C2/SC(=O)N(CC(=O)N3CCCCC3)C2=O)c(OCc2ccc(Cl)cc2Cl)c1. The molecule has 0 radical (unpaired) electrons. The first-order valence-corrected chi connectivity index (χ1v) is 14.4. The summed E-state index contributed by atoms with van der Waals surface area (Å²) in [5.74, 6) is -0.109. The highest BCUT2D eigenvalue weighted by molar-refractivity contribution is 8.18. The van der Waals surface area contributed by atoms with Gasteiger partial charge in [-0.3, -0.25) is 19.3 Å². The Morgan fingerprint density at radius 3 is 2.47 bits per heavy atom. The number of amides is 3. The molecule has 3 amide bonds. The third-order valence-electron chi connectivity index (χ3n) is 6.69. The Morgan fingerprint density at radius 1 is 1.05 bits per heavy atom. The van der Waals surface area contributed by atoms with Crippen molar-refractivity contribution in [2.45, 2.75) is 39.7 Å².